The maximum absolute atomic E-state index is 11.4. The molecular weight excluding hydrogens is 198 g/mol. The van der Waals surface area contributed by atoms with Crippen LogP contribution in [-0.2, 0) is 11.3 Å². The average Bonchev–Trinajstić information content (AvgIpc) is 2.67. The number of amides is 1. The van der Waals surface area contributed by atoms with E-state index in [0.717, 1.165) is 17.7 Å². The fourth-order valence-electron chi connectivity index (χ4n) is 1.08. The van der Waals surface area contributed by atoms with Crippen molar-refractivity contribution in [3.63, 3.8) is 0 Å². The molecule has 1 heterocycles. The molecule has 1 aromatic rings. The summed E-state index contributed by atoms with van der Waals surface area (Å²) in [5.74, 6) is -0.0831. The van der Waals surface area contributed by atoms with Crippen molar-refractivity contribution < 1.29 is 4.79 Å². The molecule has 0 saturated carbocycles. The Labute approximate surface area is 87.5 Å². The van der Waals surface area contributed by atoms with Crippen LogP contribution in [0.4, 0.5) is 0 Å². The van der Waals surface area contributed by atoms with Gasteiger partial charge in [-0.15, -0.1) is 11.3 Å². The predicted octanol–water partition coefficient (Wildman–Crippen LogP) is 0.887. The van der Waals surface area contributed by atoms with Crippen LogP contribution in [0.2, 0.25) is 0 Å². The number of aromatic nitrogens is 1. The molecule has 14 heavy (non-hydrogen) atoms. The molecule has 3 N–H and O–H groups in total. The number of thiazole rings is 1. The molecule has 1 amide bonds. The normalized spacial score (nSPS) is 12.4. The zero-order chi connectivity index (χ0) is 10.4. The maximum atomic E-state index is 11.4. The smallest absolute Gasteiger partial charge is 0.237 e. The summed E-state index contributed by atoms with van der Waals surface area (Å²) >= 11 is 1.52. The number of carbonyl (C=O) groups is 1. The lowest BCUT2D eigenvalue weighted by Gasteiger charge is -2.09. The second-order valence-electron chi connectivity index (χ2n) is 3.08. The summed E-state index contributed by atoms with van der Waals surface area (Å²) in [7, 11) is 0. The van der Waals surface area contributed by atoms with Crippen molar-refractivity contribution in [1.29, 1.82) is 0 Å². The van der Waals surface area contributed by atoms with Crippen LogP contribution in [0.1, 0.15) is 24.6 Å². The Hall–Kier alpha value is -0.940. The highest BCUT2D eigenvalue weighted by Crippen LogP contribution is 2.04. The maximum Gasteiger partial charge on any atom is 0.237 e. The third kappa shape index (κ3) is 3.43. The highest BCUT2D eigenvalue weighted by atomic mass is 32.1. The molecule has 0 spiro atoms. The first kappa shape index (κ1) is 11.1. The van der Waals surface area contributed by atoms with Gasteiger partial charge in [0.1, 0.15) is 0 Å². The summed E-state index contributed by atoms with van der Waals surface area (Å²) in [6, 6.07) is -0.382. The molecule has 0 aliphatic heterocycles. The number of hydrogen-bond donors (Lipinski definition) is 2. The van der Waals surface area contributed by atoms with Crippen LogP contribution in [0.25, 0.3) is 0 Å². The Morgan fingerprint density at radius 3 is 3.14 bits per heavy atom. The fourth-order valence-corrected chi connectivity index (χ4v) is 1.61. The third-order valence-electron chi connectivity index (χ3n) is 1.86. The van der Waals surface area contributed by atoms with Gasteiger partial charge in [0, 0.05) is 11.1 Å². The van der Waals surface area contributed by atoms with Crippen molar-refractivity contribution in [3.05, 3.63) is 16.6 Å². The molecule has 0 aromatic carbocycles. The summed E-state index contributed by atoms with van der Waals surface area (Å²) in [4.78, 5) is 16.3. The molecule has 0 fully saturated rings. The molecule has 0 unspecified atom stereocenters. The quantitative estimate of drug-likeness (QED) is 0.763. The van der Waals surface area contributed by atoms with Gasteiger partial charge in [0.2, 0.25) is 5.91 Å². The van der Waals surface area contributed by atoms with Gasteiger partial charge in [-0.1, -0.05) is 13.3 Å². The Morgan fingerprint density at radius 2 is 2.57 bits per heavy atom. The number of nitrogens with two attached hydrogens (primary N) is 1. The highest BCUT2D eigenvalue weighted by Gasteiger charge is 2.11. The van der Waals surface area contributed by atoms with Gasteiger partial charge in [-0.3, -0.25) is 9.78 Å². The topological polar surface area (TPSA) is 68.0 Å². The van der Waals surface area contributed by atoms with E-state index in [0.29, 0.717) is 6.54 Å². The number of nitrogens with one attached hydrogen (secondary N) is 1. The van der Waals surface area contributed by atoms with E-state index in [4.69, 9.17) is 5.73 Å². The van der Waals surface area contributed by atoms with Crippen molar-refractivity contribution in [2.75, 3.05) is 0 Å². The average molecular weight is 213 g/mol. The van der Waals surface area contributed by atoms with E-state index in [1.165, 1.54) is 11.3 Å². The van der Waals surface area contributed by atoms with Gasteiger partial charge in [-0.25, -0.2) is 0 Å². The molecule has 1 rings (SSSR count). The van der Waals surface area contributed by atoms with E-state index in [1.807, 2.05) is 6.92 Å². The van der Waals surface area contributed by atoms with Gasteiger partial charge in [-0.05, 0) is 6.42 Å². The molecule has 5 heteroatoms. The lowest BCUT2D eigenvalue weighted by molar-refractivity contribution is -0.122. The predicted molar refractivity (Wildman–Crippen MR) is 56.8 cm³/mol. The van der Waals surface area contributed by atoms with Gasteiger partial charge in [0.25, 0.3) is 0 Å². The molecule has 4 nitrogen and oxygen atoms in total. The molecule has 78 valence electrons. The minimum atomic E-state index is -0.382. The minimum absolute atomic E-state index is 0.0831. The minimum Gasteiger partial charge on any atom is -0.350 e. The summed E-state index contributed by atoms with van der Waals surface area (Å²) in [6.07, 6.45) is 3.40. The van der Waals surface area contributed by atoms with Crippen LogP contribution >= 0.6 is 11.3 Å². The standard InChI is InChI=1S/C9H15N3OS/c1-2-3-8(10)9(13)12-5-7-4-11-6-14-7/h4,6,8H,2-3,5,10H2,1H3,(H,12,13)/t8-/m1/s1. The molecule has 0 radical (unpaired) electrons. The van der Waals surface area contributed by atoms with E-state index in [1.54, 1.807) is 11.7 Å². The zero-order valence-electron chi connectivity index (χ0n) is 8.19. The SMILES string of the molecule is CCC[C@@H](N)C(=O)NCc1cncs1. The van der Waals surface area contributed by atoms with E-state index in [2.05, 4.69) is 10.3 Å². The van der Waals surface area contributed by atoms with Crippen LogP contribution in [0.5, 0.6) is 0 Å². The molecule has 0 saturated heterocycles. The van der Waals surface area contributed by atoms with E-state index >= 15 is 0 Å². The molecule has 0 bridgehead atoms. The third-order valence-corrected chi connectivity index (χ3v) is 2.64. The summed E-state index contributed by atoms with van der Waals surface area (Å²) in [5, 5.41) is 2.78. The van der Waals surface area contributed by atoms with E-state index in [-0.39, 0.29) is 11.9 Å². The van der Waals surface area contributed by atoms with Crippen molar-refractivity contribution in [3.8, 4) is 0 Å². The van der Waals surface area contributed by atoms with Crippen molar-refractivity contribution in [2.24, 2.45) is 5.73 Å². The van der Waals surface area contributed by atoms with Crippen LogP contribution < -0.4 is 11.1 Å². The first-order chi connectivity index (χ1) is 6.74. The van der Waals surface area contributed by atoms with Gasteiger partial charge in [0.05, 0.1) is 18.1 Å². The van der Waals surface area contributed by atoms with Gasteiger partial charge in [0.15, 0.2) is 0 Å². The second-order valence-corrected chi connectivity index (χ2v) is 4.05. The van der Waals surface area contributed by atoms with Gasteiger partial charge in [-0.2, -0.15) is 0 Å². The number of rotatable bonds is 5. The number of nitrogens with zero attached hydrogens (tertiary/aromatic N) is 1. The number of carbonyl (C=O) groups excluding carboxylic acids is 1. The van der Waals surface area contributed by atoms with Crippen molar-refractivity contribution in [2.45, 2.75) is 32.4 Å². The van der Waals surface area contributed by atoms with Crippen LogP contribution in [0.3, 0.4) is 0 Å². The molecule has 0 aliphatic rings. The monoisotopic (exact) mass is 213 g/mol. The Morgan fingerprint density at radius 1 is 1.79 bits per heavy atom. The Kier molecular flexibility index (Phi) is 4.55. The second kappa shape index (κ2) is 5.72. The summed E-state index contributed by atoms with van der Waals surface area (Å²) in [5.41, 5.74) is 7.39. The fraction of sp³-hybridized carbons (Fsp3) is 0.556. The largest absolute Gasteiger partial charge is 0.350 e. The first-order valence-electron chi connectivity index (χ1n) is 4.64. The zero-order valence-corrected chi connectivity index (χ0v) is 9.01. The summed E-state index contributed by atoms with van der Waals surface area (Å²) < 4.78 is 0. The Balaban J connectivity index is 2.27. The lowest BCUT2D eigenvalue weighted by Crippen LogP contribution is -2.39. The molecule has 1 atom stereocenters. The van der Waals surface area contributed by atoms with Gasteiger partial charge < -0.3 is 11.1 Å². The van der Waals surface area contributed by atoms with Crippen LogP contribution in [0.15, 0.2) is 11.7 Å². The lowest BCUT2D eigenvalue weighted by atomic mass is 10.2. The molecule has 1 aromatic heterocycles. The van der Waals surface area contributed by atoms with Crippen molar-refractivity contribution >= 4 is 17.2 Å². The van der Waals surface area contributed by atoms with Crippen LogP contribution in [-0.4, -0.2) is 16.9 Å². The highest BCUT2D eigenvalue weighted by molar-refractivity contribution is 7.09. The van der Waals surface area contributed by atoms with Crippen LogP contribution in [0, 0.1) is 0 Å². The van der Waals surface area contributed by atoms with Gasteiger partial charge >= 0.3 is 0 Å². The van der Waals surface area contributed by atoms with E-state index in [9.17, 15) is 4.79 Å². The van der Waals surface area contributed by atoms with Crippen molar-refractivity contribution in [1.82, 2.24) is 10.3 Å². The molecule has 0 aliphatic carbocycles. The molecular formula is C9H15N3OS. The van der Waals surface area contributed by atoms with E-state index < -0.39 is 0 Å². The first-order valence-corrected chi connectivity index (χ1v) is 5.52. The Bertz CT molecular complexity index is 274. The summed E-state index contributed by atoms with van der Waals surface area (Å²) in [6.45, 7) is 2.54. The number of hydrogen-bond acceptors (Lipinski definition) is 4.